The van der Waals surface area contributed by atoms with E-state index >= 15 is 0 Å². The zero-order valence-electron chi connectivity index (χ0n) is 20.2. The van der Waals surface area contributed by atoms with Gasteiger partial charge in [-0.15, -0.1) is 0 Å². The fourth-order valence-electron chi connectivity index (χ4n) is 3.51. The number of nitrogens with one attached hydrogen (secondary N) is 2. The van der Waals surface area contributed by atoms with Crippen molar-refractivity contribution < 1.29 is 17.5 Å². The minimum atomic E-state index is -3.65. The molecule has 3 rings (SSSR count). The van der Waals surface area contributed by atoms with E-state index < -0.39 is 32.5 Å². The summed E-state index contributed by atoms with van der Waals surface area (Å²) in [5, 5.41) is 0. The van der Waals surface area contributed by atoms with E-state index in [1.54, 1.807) is 19.1 Å². The fraction of sp³-hybridized carbons (Fsp3) is 0.280. The summed E-state index contributed by atoms with van der Waals surface area (Å²) in [4.78, 5) is 27.3. The van der Waals surface area contributed by atoms with Gasteiger partial charge >= 0.3 is 5.69 Å². The maximum atomic E-state index is 14.5. The molecular weight excluding hydrogens is 473 g/mol. The number of aromatic amines is 1. The summed E-state index contributed by atoms with van der Waals surface area (Å²) in [5.41, 5.74) is 0.584. The van der Waals surface area contributed by atoms with Gasteiger partial charge in [0, 0.05) is 23.4 Å². The van der Waals surface area contributed by atoms with Gasteiger partial charge < -0.3 is 9.72 Å². The molecule has 2 N–H and O–H groups in total. The maximum Gasteiger partial charge on any atom is 0.332 e. The second-order valence-corrected chi connectivity index (χ2v) is 10.8. The van der Waals surface area contributed by atoms with Crippen LogP contribution in [0, 0.1) is 24.6 Å². The number of rotatable bonds is 4. The number of methoxy groups -OCH3 is 1. The predicted molar refractivity (Wildman–Crippen MR) is 133 cm³/mol. The number of anilines is 1. The lowest BCUT2D eigenvalue weighted by Crippen LogP contribution is -2.32. The van der Waals surface area contributed by atoms with Crippen LogP contribution in [0.15, 0.2) is 46.1 Å². The number of halogens is 1. The number of sulfonamides is 1. The molecule has 0 unspecified atom stereocenters. The molecule has 35 heavy (non-hydrogen) atoms. The molecule has 0 aliphatic heterocycles. The van der Waals surface area contributed by atoms with E-state index in [9.17, 15) is 22.4 Å². The van der Waals surface area contributed by atoms with Gasteiger partial charge in [-0.2, -0.15) is 0 Å². The average molecular weight is 500 g/mol. The Balaban J connectivity index is 2.24. The van der Waals surface area contributed by atoms with Crippen LogP contribution in [0.4, 0.5) is 10.1 Å². The Labute approximate surface area is 202 Å². The molecule has 0 aliphatic rings. The molecule has 8 nitrogen and oxygen atoms in total. The van der Waals surface area contributed by atoms with Crippen LogP contribution in [-0.2, 0) is 15.4 Å². The van der Waals surface area contributed by atoms with Gasteiger partial charge in [0.15, 0.2) is 0 Å². The van der Waals surface area contributed by atoms with Gasteiger partial charge in [-0.1, -0.05) is 32.6 Å². The minimum Gasteiger partial charge on any atom is -0.495 e. The number of hydrogen-bond acceptors (Lipinski definition) is 5. The Kier molecular flexibility index (Phi) is 6.94. The summed E-state index contributed by atoms with van der Waals surface area (Å²) in [7, 11) is -2.16. The van der Waals surface area contributed by atoms with Crippen LogP contribution >= 0.6 is 0 Å². The van der Waals surface area contributed by atoms with Gasteiger partial charge in [0.2, 0.25) is 10.0 Å². The molecule has 0 atom stereocenters. The molecule has 0 spiro atoms. The van der Waals surface area contributed by atoms with E-state index in [0.29, 0.717) is 33.7 Å². The van der Waals surface area contributed by atoms with E-state index in [1.165, 1.54) is 25.4 Å². The Morgan fingerprint density at radius 3 is 2.31 bits per heavy atom. The van der Waals surface area contributed by atoms with E-state index in [1.807, 2.05) is 20.8 Å². The van der Waals surface area contributed by atoms with Gasteiger partial charge in [0.1, 0.15) is 11.6 Å². The van der Waals surface area contributed by atoms with Crippen LogP contribution in [0.2, 0.25) is 0 Å². The maximum absolute atomic E-state index is 14.5. The monoisotopic (exact) mass is 499 g/mol. The van der Waals surface area contributed by atoms with Gasteiger partial charge in [-0.25, -0.2) is 22.2 Å². The molecule has 0 bridgehead atoms. The molecule has 0 aliphatic carbocycles. The minimum absolute atomic E-state index is 0.173. The summed E-state index contributed by atoms with van der Waals surface area (Å²) < 4.78 is 46.2. The highest BCUT2D eigenvalue weighted by Gasteiger charge is 2.23. The van der Waals surface area contributed by atoms with E-state index in [0.717, 1.165) is 16.9 Å². The highest BCUT2D eigenvalue weighted by molar-refractivity contribution is 7.92. The third kappa shape index (κ3) is 5.81. The van der Waals surface area contributed by atoms with Crippen molar-refractivity contribution in [3.8, 4) is 23.3 Å². The Bertz CT molecular complexity index is 1560. The molecule has 0 fully saturated rings. The molecule has 0 amide bonds. The lowest BCUT2D eigenvalue weighted by atomic mass is 9.84. The summed E-state index contributed by atoms with van der Waals surface area (Å²) in [6, 6.07) is 7.01. The first-order valence-corrected chi connectivity index (χ1v) is 12.4. The zero-order chi connectivity index (χ0) is 26.1. The molecule has 10 heteroatoms. The third-order valence-corrected chi connectivity index (χ3v) is 5.73. The van der Waals surface area contributed by atoms with Crippen LogP contribution in [0.25, 0.3) is 5.69 Å². The Hall–Kier alpha value is -3.84. The Morgan fingerprint density at radius 1 is 1.09 bits per heavy atom. The lowest BCUT2D eigenvalue weighted by Gasteiger charge is -2.24. The van der Waals surface area contributed by atoms with Crippen molar-refractivity contribution in [2.45, 2.75) is 33.1 Å². The number of nitrogens with zero attached hydrogens (tertiary/aromatic N) is 1. The summed E-state index contributed by atoms with van der Waals surface area (Å²) in [5.74, 6) is 5.56. The number of hydrogen-bond donors (Lipinski definition) is 2. The quantitative estimate of drug-likeness (QED) is 0.536. The molecular formula is C25H26FN3O5S. The fourth-order valence-corrected chi connectivity index (χ4v) is 4.07. The van der Waals surface area contributed by atoms with E-state index in [-0.39, 0.29) is 5.69 Å². The normalized spacial score (nSPS) is 11.5. The van der Waals surface area contributed by atoms with E-state index in [4.69, 9.17) is 4.74 Å². The molecule has 2 aromatic carbocycles. The summed E-state index contributed by atoms with van der Waals surface area (Å²) in [6.45, 7) is 7.54. The largest absolute Gasteiger partial charge is 0.495 e. The van der Waals surface area contributed by atoms with Crippen LogP contribution in [0.5, 0.6) is 5.75 Å². The molecule has 1 heterocycles. The van der Waals surface area contributed by atoms with Gasteiger partial charge in [-0.05, 0) is 42.2 Å². The van der Waals surface area contributed by atoms with Crippen molar-refractivity contribution in [2.75, 3.05) is 18.1 Å². The summed E-state index contributed by atoms with van der Waals surface area (Å²) in [6.07, 6.45) is 2.21. The molecule has 0 radical (unpaired) electrons. The molecule has 0 saturated heterocycles. The zero-order valence-corrected chi connectivity index (χ0v) is 21.1. The smallest absolute Gasteiger partial charge is 0.332 e. The van der Waals surface area contributed by atoms with Crippen LogP contribution in [-0.4, -0.2) is 31.3 Å². The SMILES string of the molecule is COc1c(C#Cc2cc(F)c(NS(C)(=O)=O)cc2C)cc(-n2c(=O)cc[nH]c2=O)cc1C(C)(C)C. The van der Waals surface area contributed by atoms with Crippen LogP contribution in [0.3, 0.4) is 0 Å². The standard InChI is InChI=1S/C25H26FN3O5S/c1-15-11-21(28-35(6,32)33)20(26)13-16(15)7-8-17-12-18(29-22(30)9-10-27-24(29)31)14-19(23(17)34-5)25(2,3)4/h9-14,28H,1-6H3,(H,27,31). The Morgan fingerprint density at radius 2 is 1.74 bits per heavy atom. The summed E-state index contributed by atoms with van der Waals surface area (Å²) >= 11 is 0. The number of H-pyrrole nitrogens is 1. The number of aryl methyl sites for hydroxylation is 1. The van der Waals surface area contributed by atoms with Crippen LogP contribution < -0.4 is 20.7 Å². The third-order valence-electron chi connectivity index (χ3n) is 5.14. The first-order valence-electron chi connectivity index (χ1n) is 10.5. The van der Waals surface area contributed by atoms with Crippen molar-refractivity contribution in [2.24, 2.45) is 0 Å². The predicted octanol–water partition coefficient (Wildman–Crippen LogP) is 3.05. The molecule has 0 saturated carbocycles. The number of aromatic nitrogens is 2. The van der Waals surface area contributed by atoms with Gasteiger partial charge in [-0.3, -0.25) is 9.52 Å². The average Bonchev–Trinajstić information content (AvgIpc) is 2.73. The van der Waals surface area contributed by atoms with Crippen LogP contribution in [0.1, 0.15) is 43.0 Å². The van der Waals surface area contributed by atoms with E-state index in [2.05, 4.69) is 21.5 Å². The second kappa shape index (κ2) is 9.43. The van der Waals surface area contributed by atoms with Crippen molar-refractivity contribution in [1.82, 2.24) is 9.55 Å². The van der Waals surface area contributed by atoms with Crippen molar-refractivity contribution in [3.05, 3.63) is 85.4 Å². The topological polar surface area (TPSA) is 110 Å². The second-order valence-electron chi connectivity index (χ2n) is 9.05. The number of benzene rings is 2. The lowest BCUT2D eigenvalue weighted by molar-refractivity contribution is 0.396. The van der Waals surface area contributed by atoms with Gasteiger partial charge in [0.05, 0.1) is 30.3 Å². The first kappa shape index (κ1) is 25.8. The van der Waals surface area contributed by atoms with Crippen molar-refractivity contribution >= 4 is 15.7 Å². The molecule has 1 aromatic heterocycles. The van der Waals surface area contributed by atoms with Crippen molar-refractivity contribution in [3.63, 3.8) is 0 Å². The highest BCUT2D eigenvalue weighted by Crippen LogP contribution is 2.35. The number of ether oxygens (including phenoxy) is 1. The molecule has 3 aromatic rings. The highest BCUT2D eigenvalue weighted by atomic mass is 32.2. The van der Waals surface area contributed by atoms with Gasteiger partial charge in [0.25, 0.3) is 5.56 Å². The first-order chi connectivity index (χ1) is 16.2. The van der Waals surface area contributed by atoms with Crippen molar-refractivity contribution in [1.29, 1.82) is 0 Å². The molecule has 184 valence electrons.